The molecule has 8 heteroatoms. The highest BCUT2D eigenvalue weighted by molar-refractivity contribution is 7.17. The molecular formula is C17H23N3O4S. The van der Waals surface area contributed by atoms with E-state index in [0.29, 0.717) is 29.6 Å². The van der Waals surface area contributed by atoms with Crippen LogP contribution in [0.5, 0.6) is 0 Å². The lowest BCUT2D eigenvalue weighted by molar-refractivity contribution is -0.125. The highest BCUT2D eigenvalue weighted by atomic mass is 32.1. The molecule has 136 valence electrons. The Labute approximate surface area is 150 Å². The van der Waals surface area contributed by atoms with Gasteiger partial charge in [-0.1, -0.05) is 6.92 Å². The molecule has 25 heavy (non-hydrogen) atoms. The molecule has 3 rings (SSSR count). The van der Waals surface area contributed by atoms with Crippen LogP contribution in [-0.2, 0) is 27.2 Å². The molecule has 1 saturated heterocycles. The molecule has 1 aromatic rings. The second-order valence-corrected chi connectivity index (χ2v) is 7.76. The number of fused-ring (bicyclic) bond motifs is 1. The van der Waals surface area contributed by atoms with Gasteiger partial charge in [0, 0.05) is 18.0 Å². The highest BCUT2D eigenvalue weighted by Crippen LogP contribution is 2.40. The first kappa shape index (κ1) is 17.9. The van der Waals surface area contributed by atoms with E-state index in [9.17, 15) is 14.4 Å². The Kier molecular flexibility index (Phi) is 5.39. The van der Waals surface area contributed by atoms with Crippen LogP contribution in [0.25, 0.3) is 0 Å². The summed E-state index contributed by atoms with van der Waals surface area (Å²) in [7, 11) is 1.36. The molecule has 0 saturated carbocycles. The van der Waals surface area contributed by atoms with E-state index in [-0.39, 0.29) is 24.9 Å². The summed E-state index contributed by atoms with van der Waals surface area (Å²) >= 11 is 1.47. The molecule has 1 aliphatic carbocycles. The van der Waals surface area contributed by atoms with E-state index >= 15 is 0 Å². The van der Waals surface area contributed by atoms with Crippen molar-refractivity contribution in [2.75, 3.05) is 38.6 Å². The second kappa shape index (κ2) is 7.53. The predicted octanol–water partition coefficient (Wildman–Crippen LogP) is 1.03. The molecule has 2 N–H and O–H groups in total. The van der Waals surface area contributed by atoms with Gasteiger partial charge >= 0.3 is 5.97 Å². The summed E-state index contributed by atoms with van der Waals surface area (Å²) in [5, 5.41) is 6.16. The Balaban J connectivity index is 1.76. The lowest BCUT2D eigenvalue weighted by atomic mass is 9.88. The van der Waals surface area contributed by atoms with Gasteiger partial charge in [-0.15, -0.1) is 11.3 Å². The minimum Gasteiger partial charge on any atom is -0.465 e. The first-order chi connectivity index (χ1) is 12.0. The second-order valence-electron chi connectivity index (χ2n) is 6.66. The molecular weight excluding hydrogens is 342 g/mol. The summed E-state index contributed by atoms with van der Waals surface area (Å²) < 4.78 is 4.93. The molecule has 1 atom stereocenters. The van der Waals surface area contributed by atoms with Crippen LogP contribution in [0.2, 0.25) is 0 Å². The number of esters is 1. The first-order valence-electron chi connectivity index (χ1n) is 8.49. The summed E-state index contributed by atoms with van der Waals surface area (Å²) in [6.45, 7) is 3.73. The Bertz CT molecular complexity index is 700. The zero-order valence-corrected chi connectivity index (χ0v) is 15.3. The van der Waals surface area contributed by atoms with E-state index in [4.69, 9.17) is 4.74 Å². The van der Waals surface area contributed by atoms with Crippen molar-refractivity contribution in [3.63, 3.8) is 0 Å². The van der Waals surface area contributed by atoms with Crippen LogP contribution in [0.1, 0.15) is 34.1 Å². The van der Waals surface area contributed by atoms with Crippen LogP contribution in [0.4, 0.5) is 5.00 Å². The number of thiophene rings is 1. The van der Waals surface area contributed by atoms with Gasteiger partial charge in [-0.25, -0.2) is 4.79 Å². The molecule has 1 fully saturated rings. The number of carbonyl (C=O) groups is 3. The number of nitrogens with zero attached hydrogens (tertiary/aromatic N) is 1. The lowest BCUT2D eigenvalue weighted by Gasteiger charge is -2.25. The molecule has 2 aliphatic rings. The number of ether oxygens (including phenoxy) is 1. The maximum absolute atomic E-state index is 12.4. The molecule has 1 aliphatic heterocycles. The minimum absolute atomic E-state index is 0.0742. The van der Waals surface area contributed by atoms with Crippen molar-refractivity contribution >= 4 is 34.1 Å². The minimum atomic E-state index is -0.403. The Morgan fingerprint density at radius 3 is 2.96 bits per heavy atom. The number of rotatable bonds is 4. The monoisotopic (exact) mass is 365 g/mol. The molecule has 1 aromatic heterocycles. The molecule has 7 nitrogen and oxygen atoms in total. The SMILES string of the molecule is COC(=O)c1c(NC(=O)CN2CCNC(=O)C2)sc2c1CC[C@H](C)C2. The molecule has 0 aromatic carbocycles. The van der Waals surface area contributed by atoms with E-state index in [1.807, 2.05) is 0 Å². The first-order valence-corrected chi connectivity index (χ1v) is 9.31. The fourth-order valence-electron chi connectivity index (χ4n) is 3.35. The van der Waals surface area contributed by atoms with Crippen LogP contribution >= 0.6 is 11.3 Å². The highest BCUT2D eigenvalue weighted by Gasteiger charge is 2.29. The average molecular weight is 365 g/mol. The van der Waals surface area contributed by atoms with Gasteiger partial charge in [0.1, 0.15) is 5.00 Å². The van der Waals surface area contributed by atoms with E-state index in [0.717, 1.165) is 29.7 Å². The Morgan fingerprint density at radius 1 is 1.44 bits per heavy atom. The van der Waals surface area contributed by atoms with E-state index in [1.165, 1.54) is 18.4 Å². The molecule has 0 radical (unpaired) electrons. The Hall–Kier alpha value is -1.93. The summed E-state index contributed by atoms with van der Waals surface area (Å²) in [6.07, 6.45) is 2.79. The number of amides is 2. The standard InChI is InChI=1S/C17H23N3O4S/c1-10-3-4-11-12(7-10)25-16(15(11)17(23)24-2)19-14(22)9-20-6-5-18-13(21)8-20/h10H,3-9H2,1-2H3,(H,18,21)(H,19,22)/t10-/m0/s1. The third kappa shape index (κ3) is 4.01. The van der Waals surface area contributed by atoms with Crippen molar-refractivity contribution in [1.29, 1.82) is 0 Å². The normalized spacial score (nSPS) is 20.6. The van der Waals surface area contributed by atoms with Crippen molar-refractivity contribution in [3.05, 3.63) is 16.0 Å². The quantitative estimate of drug-likeness (QED) is 0.778. The predicted molar refractivity (Wildman–Crippen MR) is 94.9 cm³/mol. The van der Waals surface area contributed by atoms with Crippen LogP contribution in [0, 0.1) is 5.92 Å². The van der Waals surface area contributed by atoms with E-state index in [2.05, 4.69) is 17.6 Å². The number of nitrogens with one attached hydrogen (secondary N) is 2. The number of carbonyl (C=O) groups excluding carboxylic acids is 3. The van der Waals surface area contributed by atoms with Crippen LogP contribution < -0.4 is 10.6 Å². The van der Waals surface area contributed by atoms with Gasteiger partial charge < -0.3 is 15.4 Å². The summed E-state index contributed by atoms with van der Waals surface area (Å²) in [5.41, 5.74) is 1.52. The number of hydrogen-bond donors (Lipinski definition) is 2. The average Bonchev–Trinajstić information content (AvgIpc) is 2.90. The number of hydrogen-bond acceptors (Lipinski definition) is 6. The largest absolute Gasteiger partial charge is 0.465 e. The summed E-state index contributed by atoms with van der Waals surface area (Å²) in [6, 6.07) is 0. The van der Waals surface area contributed by atoms with Crippen molar-refractivity contribution in [3.8, 4) is 0 Å². The van der Waals surface area contributed by atoms with Gasteiger partial charge in [-0.05, 0) is 30.7 Å². The van der Waals surface area contributed by atoms with Crippen LogP contribution in [0.3, 0.4) is 0 Å². The molecule has 0 unspecified atom stereocenters. The molecule has 0 bridgehead atoms. The molecule has 0 spiro atoms. The third-order valence-electron chi connectivity index (χ3n) is 4.64. The van der Waals surface area contributed by atoms with Gasteiger partial charge in [0.05, 0.1) is 25.8 Å². The number of methoxy groups -OCH3 is 1. The van der Waals surface area contributed by atoms with Gasteiger partial charge in [-0.3, -0.25) is 14.5 Å². The Morgan fingerprint density at radius 2 is 2.24 bits per heavy atom. The van der Waals surface area contributed by atoms with Crippen molar-refractivity contribution in [1.82, 2.24) is 10.2 Å². The summed E-state index contributed by atoms with van der Waals surface area (Å²) in [4.78, 5) is 39.0. The van der Waals surface area contributed by atoms with E-state index in [1.54, 1.807) is 4.90 Å². The third-order valence-corrected chi connectivity index (χ3v) is 5.81. The smallest absolute Gasteiger partial charge is 0.341 e. The van der Waals surface area contributed by atoms with Gasteiger partial charge in [0.15, 0.2) is 0 Å². The van der Waals surface area contributed by atoms with Crippen molar-refractivity contribution in [2.45, 2.75) is 26.2 Å². The fourth-order valence-corrected chi connectivity index (χ4v) is 4.77. The number of anilines is 1. The zero-order chi connectivity index (χ0) is 18.0. The number of piperazine rings is 1. The summed E-state index contributed by atoms with van der Waals surface area (Å²) in [5.74, 6) is -0.117. The van der Waals surface area contributed by atoms with E-state index < -0.39 is 5.97 Å². The zero-order valence-electron chi connectivity index (χ0n) is 14.5. The van der Waals surface area contributed by atoms with Crippen LogP contribution in [0.15, 0.2) is 0 Å². The van der Waals surface area contributed by atoms with Gasteiger partial charge in [0.2, 0.25) is 11.8 Å². The lowest BCUT2D eigenvalue weighted by Crippen LogP contribution is -2.49. The maximum Gasteiger partial charge on any atom is 0.341 e. The fraction of sp³-hybridized carbons (Fsp3) is 0.588. The maximum atomic E-state index is 12.4. The van der Waals surface area contributed by atoms with Gasteiger partial charge in [0.25, 0.3) is 0 Å². The van der Waals surface area contributed by atoms with Gasteiger partial charge in [-0.2, -0.15) is 0 Å². The van der Waals surface area contributed by atoms with Crippen LogP contribution in [-0.4, -0.2) is 56.0 Å². The van der Waals surface area contributed by atoms with Crippen molar-refractivity contribution in [2.24, 2.45) is 5.92 Å². The molecule has 2 amide bonds. The van der Waals surface area contributed by atoms with Crippen molar-refractivity contribution < 1.29 is 19.1 Å². The molecule has 2 heterocycles. The topological polar surface area (TPSA) is 87.7 Å².